The predicted octanol–water partition coefficient (Wildman–Crippen LogP) is 0.468. The van der Waals surface area contributed by atoms with Gasteiger partial charge in [-0.05, 0) is 24.8 Å². The molecule has 5 heteroatoms. The summed E-state index contributed by atoms with van der Waals surface area (Å²) in [5.41, 5.74) is 6.19. The van der Waals surface area contributed by atoms with Crippen LogP contribution in [0.25, 0.3) is 0 Å². The fraction of sp³-hybridized carbons (Fsp3) is 0.583. The Morgan fingerprint density at radius 1 is 1.65 bits per heavy atom. The number of amides is 1. The molecule has 0 atom stereocenters. The third-order valence-corrected chi connectivity index (χ3v) is 3.42. The van der Waals surface area contributed by atoms with Gasteiger partial charge in [0.05, 0.1) is 17.7 Å². The average Bonchev–Trinajstić information content (AvgIpc) is 2.33. The SMILES string of the molecule is CC1CC(CN)(C(=O)NCc2ccncn2)C1. The molecule has 0 saturated heterocycles. The zero-order chi connectivity index (χ0) is 12.3. The number of nitrogens with zero attached hydrogens (tertiary/aromatic N) is 2. The molecule has 1 saturated carbocycles. The van der Waals surface area contributed by atoms with Crippen LogP contribution in [0, 0.1) is 11.3 Å². The molecule has 5 nitrogen and oxygen atoms in total. The van der Waals surface area contributed by atoms with Gasteiger partial charge in [0.15, 0.2) is 0 Å². The Morgan fingerprint density at radius 2 is 2.41 bits per heavy atom. The van der Waals surface area contributed by atoms with Gasteiger partial charge in [-0.2, -0.15) is 0 Å². The lowest BCUT2D eigenvalue weighted by Gasteiger charge is -2.44. The van der Waals surface area contributed by atoms with Gasteiger partial charge in [0.2, 0.25) is 5.91 Å². The lowest BCUT2D eigenvalue weighted by Crippen LogP contribution is -2.53. The van der Waals surface area contributed by atoms with E-state index in [-0.39, 0.29) is 11.3 Å². The van der Waals surface area contributed by atoms with Gasteiger partial charge in [0.1, 0.15) is 6.33 Å². The van der Waals surface area contributed by atoms with Crippen LogP contribution in [0.2, 0.25) is 0 Å². The summed E-state index contributed by atoms with van der Waals surface area (Å²) < 4.78 is 0. The van der Waals surface area contributed by atoms with Crippen molar-refractivity contribution in [2.24, 2.45) is 17.1 Å². The van der Waals surface area contributed by atoms with Crippen molar-refractivity contribution in [3.63, 3.8) is 0 Å². The van der Waals surface area contributed by atoms with E-state index in [1.807, 2.05) is 0 Å². The van der Waals surface area contributed by atoms with E-state index in [0.29, 0.717) is 19.0 Å². The quantitative estimate of drug-likeness (QED) is 0.793. The van der Waals surface area contributed by atoms with Crippen LogP contribution in [0.1, 0.15) is 25.5 Å². The highest BCUT2D eigenvalue weighted by Gasteiger charge is 2.46. The summed E-state index contributed by atoms with van der Waals surface area (Å²) in [7, 11) is 0. The highest BCUT2D eigenvalue weighted by molar-refractivity contribution is 5.83. The number of carbonyl (C=O) groups is 1. The van der Waals surface area contributed by atoms with Crippen LogP contribution in [0.15, 0.2) is 18.6 Å². The maximum absolute atomic E-state index is 12.1. The second-order valence-electron chi connectivity index (χ2n) is 4.88. The molecule has 0 unspecified atom stereocenters. The molecular weight excluding hydrogens is 216 g/mol. The summed E-state index contributed by atoms with van der Waals surface area (Å²) in [5, 5.41) is 2.90. The van der Waals surface area contributed by atoms with E-state index in [4.69, 9.17) is 5.73 Å². The first-order chi connectivity index (χ1) is 8.16. The summed E-state index contributed by atoms with van der Waals surface area (Å²) in [6.07, 6.45) is 4.92. The fourth-order valence-electron chi connectivity index (χ4n) is 2.50. The third-order valence-electron chi connectivity index (χ3n) is 3.42. The Hall–Kier alpha value is -1.49. The average molecular weight is 234 g/mol. The molecule has 1 aromatic heterocycles. The summed E-state index contributed by atoms with van der Waals surface area (Å²) in [6, 6.07) is 1.79. The molecule has 1 aliphatic carbocycles. The lowest BCUT2D eigenvalue weighted by molar-refractivity contribution is -0.138. The molecule has 1 amide bonds. The predicted molar refractivity (Wildman–Crippen MR) is 63.8 cm³/mol. The van der Waals surface area contributed by atoms with Gasteiger partial charge < -0.3 is 11.1 Å². The molecule has 17 heavy (non-hydrogen) atoms. The van der Waals surface area contributed by atoms with E-state index in [9.17, 15) is 4.79 Å². The summed E-state index contributed by atoms with van der Waals surface area (Å²) in [5.74, 6) is 0.653. The second kappa shape index (κ2) is 4.79. The highest BCUT2D eigenvalue weighted by Crippen LogP contribution is 2.44. The van der Waals surface area contributed by atoms with E-state index >= 15 is 0 Å². The normalized spacial score (nSPS) is 27.3. The number of hydrogen-bond donors (Lipinski definition) is 2. The zero-order valence-corrected chi connectivity index (χ0v) is 10.0. The molecule has 2 rings (SSSR count). The molecule has 1 aromatic rings. The van der Waals surface area contributed by atoms with Gasteiger partial charge in [-0.1, -0.05) is 6.92 Å². The standard InChI is InChI=1S/C12H18N4O/c1-9-4-12(5-9,7-13)11(17)15-6-10-2-3-14-8-16-10/h2-3,8-9H,4-7,13H2,1H3,(H,15,17). The van der Waals surface area contributed by atoms with Gasteiger partial charge in [-0.3, -0.25) is 4.79 Å². The number of rotatable bonds is 4. The van der Waals surface area contributed by atoms with Crippen molar-refractivity contribution in [1.29, 1.82) is 0 Å². The third kappa shape index (κ3) is 2.44. The van der Waals surface area contributed by atoms with Gasteiger partial charge in [-0.25, -0.2) is 9.97 Å². The number of nitrogens with one attached hydrogen (secondary N) is 1. The number of carbonyl (C=O) groups excluding carboxylic acids is 1. The molecule has 0 bridgehead atoms. The highest BCUT2D eigenvalue weighted by atomic mass is 16.2. The number of hydrogen-bond acceptors (Lipinski definition) is 4. The van der Waals surface area contributed by atoms with Crippen molar-refractivity contribution in [2.45, 2.75) is 26.3 Å². The molecule has 1 aliphatic rings. The van der Waals surface area contributed by atoms with Crippen molar-refractivity contribution in [1.82, 2.24) is 15.3 Å². The van der Waals surface area contributed by atoms with Crippen molar-refractivity contribution >= 4 is 5.91 Å². The number of aromatic nitrogens is 2. The van der Waals surface area contributed by atoms with E-state index in [0.717, 1.165) is 18.5 Å². The Balaban J connectivity index is 1.89. The van der Waals surface area contributed by atoms with Crippen LogP contribution >= 0.6 is 0 Å². The molecule has 3 N–H and O–H groups in total. The van der Waals surface area contributed by atoms with Crippen molar-refractivity contribution in [3.05, 3.63) is 24.3 Å². The molecular formula is C12H18N4O. The summed E-state index contributed by atoms with van der Waals surface area (Å²) in [4.78, 5) is 20.0. The molecule has 92 valence electrons. The maximum Gasteiger partial charge on any atom is 0.227 e. The first-order valence-corrected chi connectivity index (χ1v) is 5.89. The van der Waals surface area contributed by atoms with Crippen LogP contribution in [-0.4, -0.2) is 22.4 Å². The molecule has 0 radical (unpaired) electrons. The van der Waals surface area contributed by atoms with Crippen molar-refractivity contribution in [3.8, 4) is 0 Å². The Kier molecular flexibility index (Phi) is 3.38. The Bertz CT molecular complexity index is 387. The minimum Gasteiger partial charge on any atom is -0.350 e. The fourth-order valence-corrected chi connectivity index (χ4v) is 2.50. The van der Waals surface area contributed by atoms with Gasteiger partial charge in [0.25, 0.3) is 0 Å². The molecule has 0 aliphatic heterocycles. The van der Waals surface area contributed by atoms with Crippen LogP contribution in [0.5, 0.6) is 0 Å². The summed E-state index contributed by atoms with van der Waals surface area (Å²) in [6.45, 7) is 3.01. The van der Waals surface area contributed by atoms with Gasteiger partial charge >= 0.3 is 0 Å². The van der Waals surface area contributed by atoms with Gasteiger partial charge in [-0.15, -0.1) is 0 Å². The van der Waals surface area contributed by atoms with Crippen molar-refractivity contribution in [2.75, 3.05) is 6.54 Å². The topological polar surface area (TPSA) is 80.9 Å². The molecule has 1 heterocycles. The minimum atomic E-state index is -0.341. The lowest BCUT2D eigenvalue weighted by atomic mass is 9.62. The minimum absolute atomic E-state index is 0.0525. The van der Waals surface area contributed by atoms with Crippen molar-refractivity contribution < 1.29 is 4.79 Å². The first kappa shape index (κ1) is 12.0. The Labute approximate surface area is 101 Å². The molecule has 0 aromatic carbocycles. The molecule has 0 spiro atoms. The summed E-state index contributed by atoms with van der Waals surface area (Å²) >= 11 is 0. The van der Waals surface area contributed by atoms with E-state index in [2.05, 4.69) is 22.2 Å². The van der Waals surface area contributed by atoms with E-state index < -0.39 is 0 Å². The molecule has 1 fully saturated rings. The first-order valence-electron chi connectivity index (χ1n) is 5.89. The zero-order valence-electron chi connectivity index (χ0n) is 10.0. The number of nitrogens with two attached hydrogens (primary N) is 1. The monoisotopic (exact) mass is 234 g/mol. The van der Waals surface area contributed by atoms with E-state index in [1.165, 1.54) is 6.33 Å². The largest absolute Gasteiger partial charge is 0.350 e. The van der Waals surface area contributed by atoms with Crippen LogP contribution in [-0.2, 0) is 11.3 Å². The van der Waals surface area contributed by atoms with Crippen LogP contribution in [0.3, 0.4) is 0 Å². The Morgan fingerprint density at radius 3 is 2.94 bits per heavy atom. The smallest absolute Gasteiger partial charge is 0.227 e. The van der Waals surface area contributed by atoms with Crippen LogP contribution < -0.4 is 11.1 Å². The van der Waals surface area contributed by atoms with E-state index in [1.54, 1.807) is 12.3 Å². The maximum atomic E-state index is 12.1. The van der Waals surface area contributed by atoms with Crippen LogP contribution in [0.4, 0.5) is 0 Å². The second-order valence-corrected chi connectivity index (χ2v) is 4.88. The van der Waals surface area contributed by atoms with Gasteiger partial charge in [0, 0.05) is 12.7 Å².